The van der Waals surface area contributed by atoms with Crippen molar-refractivity contribution in [1.29, 1.82) is 5.26 Å². The molecule has 0 bridgehead atoms. The molecule has 0 unspecified atom stereocenters. The highest BCUT2D eigenvalue weighted by Crippen LogP contribution is 2.40. The van der Waals surface area contributed by atoms with Gasteiger partial charge in [-0.15, -0.1) is 0 Å². The van der Waals surface area contributed by atoms with Gasteiger partial charge in [-0.2, -0.15) is 5.26 Å². The van der Waals surface area contributed by atoms with Crippen LogP contribution in [0.3, 0.4) is 0 Å². The van der Waals surface area contributed by atoms with E-state index >= 15 is 0 Å². The van der Waals surface area contributed by atoms with Gasteiger partial charge in [-0.3, -0.25) is 0 Å². The Kier molecular flexibility index (Phi) is 12.6. The van der Waals surface area contributed by atoms with E-state index in [9.17, 15) is 0 Å². The van der Waals surface area contributed by atoms with Gasteiger partial charge in [0.1, 0.15) is 0 Å². The summed E-state index contributed by atoms with van der Waals surface area (Å²) >= 11 is 0. The highest BCUT2D eigenvalue weighted by Gasteiger charge is 2.26. The van der Waals surface area contributed by atoms with Crippen LogP contribution in [0.25, 0.3) is 0 Å². The Morgan fingerprint density at radius 1 is 0.758 bits per heavy atom. The second kappa shape index (κ2) is 14.9. The third-order valence-corrected chi connectivity index (χ3v) is 5.74. The van der Waals surface area contributed by atoms with E-state index in [-0.39, 0.29) is 5.41 Å². The third-order valence-electron chi connectivity index (χ3n) is 5.74. The molecule has 0 aromatic carbocycles. The Hall–Kier alpha value is -3.11. The van der Waals surface area contributed by atoms with Crippen molar-refractivity contribution < 1.29 is 0 Å². The second-order valence-corrected chi connectivity index (χ2v) is 9.47. The van der Waals surface area contributed by atoms with Crippen LogP contribution in [0.15, 0.2) is 119 Å². The van der Waals surface area contributed by atoms with Crippen LogP contribution in [-0.4, -0.2) is 0 Å². The predicted octanol–water partition coefficient (Wildman–Crippen LogP) is 9.60. The van der Waals surface area contributed by atoms with E-state index in [0.29, 0.717) is 0 Å². The van der Waals surface area contributed by atoms with Crippen LogP contribution >= 0.6 is 0 Å². The molecule has 0 spiro atoms. The molecule has 0 radical (unpaired) electrons. The summed E-state index contributed by atoms with van der Waals surface area (Å²) < 4.78 is 0. The summed E-state index contributed by atoms with van der Waals surface area (Å²) in [5.41, 5.74) is 8.00. The molecule has 1 heteroatoms. The normalized spacial score (nSPS) is 19.2. The van der Waals surface area contributed by atoms with Crippen molar-refractivity contribution in [2.75, 3.05) is 0 Å². The minimum Gasteiger partial charge on any atom is -0.193 e. The SMILES string of the molecule is CC1=C(/C=C/C(C)=C/C=C/C(C)=C/C=C/C=C(C)/C=C/C=C(C)/C=C/C#N)C(C)(C)CCC1. The first-order valence-electron chi connectivity index (χ1n) is 11.8. The number of nitrogens with zero attached hydrogens (tertiary/aromatic N) is 1. The Balaban J connectivity index is 2.64. The summed E-state index contributed by atoms with van der Waals surface area (Å²) in [5.74, 6) is 0. The van der Waals surface area contributed by atoms with E-state index in [1.807, 2.05) is 25.1 Å². The van der Waals surface area contributed by atoms with E-state index in [4.69, 9.17) is 5.26 Å². The van der Waals surface area contributed by atoms with Gasteiger partial charge in [0.25, 0.3) is 0 Å². The molecule has 1 aliphatic carbocycles. The lowest BCUT2D eigenvalue weighted by molar-refractivity contribution is 0.377. The highest BCUT2D eigenvalue weighted by molar-refractivity contribution is 5.37. The lowest BCUT2D eigenvalue weighted by Gasteiger charge is -2.32. The molecule has 0 atom stereocenters. The molecule has 0 aliphatic heterocycles. The van der Waals surface area contributed by atoms with Crippen LogP contribution in [0, 0.1) is 16.7 Å². The largest absolute Gasteiger partial charge is 0.193 e. The van der Waals surface area contributed by atoms with E-state index in [2.05, 4.69) is 102 Å². The minimum atomic E-state index is 0.286. The first-order chi connectivity index (χ1) is 15.7. The number of nitriles is 1. The summed E-state index contributed by atoms with van der Waals surface area (Å²) in [6.45, 7) is 15.3. The molecule has 0 fully saturated rings. The van der Waals surface area contributed by atoms with Crippen molar-refractivity contribution in [3.63, 3.8) is 0 Å². The van der Waals surface area contributed by atoms with Crippen LogP contribution in [-0.2, 0) is 0 Å². The molecule has 1 nitrogen and oxygen atoms in total. The Morgan fingerprint density at radius 2 is 1.24 bits per heavy atom. The van der Waals surface area contributed by atoms with Gasteiger partial charge in [0.15, 0.2) is 0 Å². The molecular formula is C32H41N. The Labute approximate surface area is 203 Å². The number of rotatable bonds is 9. The summed E-state index contributed by atoms with van der Waals surface area (Å²) in [6.07, 6.45) is 32.4. The monoisotopic (exact) mass is 439 g/mol. The lowest BCUT2D eigenvalue weighted by Crippen LogP contribution is -2.19. The fourth-order valence-electron chi connectivity index (χ4n) is 3.73. The van der Waals surface area contributed by atoms with Gasteiger partial charge in [0, 0.05) is 6.08 Å². The first-order valence-corrected chi connectivity index (χ1v) is 11.8. The zero-order valence-electron chi connectivity index (χ0n) is 21.7. The Bertz CT molecular complexity index is 999. The van der Waals surface area contributed by atoms with Crippen molar-refractivity contribution in [3.8, 4) is 6.07 Å². The maximum Gasteiger partial charge on any atom is 0.0912 e. The molecule has 0 heterocycles. The molecule has 174 valence electrons. The molecule has 0 amide bonds. The number of hydrogen-bond acceptors (Lipinski definition) is 1. The molecule has 1 aliphatic rings. The van der Waals surface area contributed by atoms with Gasteiger partial charge in [0.05, 0.1) is 6.07 Å². The van der Waals surface area contributed by atoms with E-state index in [1.165, 1.54) is 47.6 Å². The van der Waals surface area contributed by atoms with Crippen molar-refractivity contribution in [2.24, 2.45) is 5.41 Å². The van der Waals surface area contributed by atoms with Crippen molar-refractivity contribution in [3.05, 3.63) is 119 Å². The molecule has 33 heavy (non-hydrogen) atoms. The molecule has 0 aromatic heterocycles. The minimum absolute atomic E-state index is 0.286. The van der Waals surface area contributed by atoms with Crippen molar-refractivity contribution in [2.45, 2.75) is 67.7 Å². The maximum absolute atomic E-state index is 8.54. The quantitative estimate of drug-likeness (QED) is 0.259. The van der Waals surface area contributed by atoms with Crippen LogP contribution in [0.4, 0.5) is 0 Å². The van der Waals surface area contributed by atoms with Crippen LogP contribution in [0.5, 0.6) is 0 Å². The van der Waals surface area contributed by atoms with Gasteiger partial charge < -0.3 is 0 Å². The van der Waals surface area contributed by atoms with Crippen LogP contribution in [0.1, 0.15) is 67.7 Å². The van der Waals surface area contributed by atoms with Crippen LogP contribution < -0.4 is 0 Å². The average Bonchev–Trinajstić information content (AvgIpc) is 2.74. The Morgan fingerprint density at radius 3 is 1.76 bits per heavy atom. The third kappa shape index (κ3) is 11.9. The maximum atomic E-state index is 8.54. The zero-order chi connectivity index (χ0) is 24.7. The second-order valence-electron chi connectivity index (χ2n) is 9.47. The van der Waals surface area contributed by atoms with E-state index in [1.54, 1.807) is 6.08 Å². The predicted molar refractivity (Wildman–Crippen MR) is 147 cm³/mol. The highest BCUT2D eigenvalue weighted by atomic mass is 14.3. The number of allylic oxidation sites excluding steroid dienone is 20. The molecular weight excluding hydrogens is 398 g/mol. The summed E-state index contributed by atoms with van der Waals surface area (Å²) in [7, 11) is 0. The average molecular weight is 440 g/mol. The summed E-state index contributed by atoms with van der Waals surface area (Å²) in [4.78, 5) is 0. The summed E-state index contributed by atoms with van der Waals surface area (Å²) in [5, 5.41) is 8.54. The standard InChI is InChI=1S/C32H41N/c1-26(16-10-18-28(3)20-13-25-33)14-8-9-15-27(2)17-11-19-29(4)22-23-31-30(5)21-12-24-32(31,6)7/h8-11,13-20,22-23H,12,21,24H2,1-7H3/b9-8+,16-10+,17-11+,20-13+,23-22+,26-14+,27-15+,28-18+,29-19+. The van der Waals surface area contributed by atoms with Crippen molar-refractivity contribution in [1.82, 2.24) is 0 Å². The smallest absolute Gasteiger partial charge is 0.0912 e. The molecule has 0 N–H and O–H groups in total. The van der Waals surface area contributed by atoms with Crippen molar-refractivity contribution >= 4 is 0 Å². The zero-order valence-corrected chi connectivity index (χ0v) is 21.7. The van der Waals surface area contributed by atoms with Gasteiger partial charge in [-0.1, -0.05) is 115 Å². The fraction of sp³-hybridized carbons (Fsp3) is 0.344. The fourth-order valence-corrected chi connectivity index (χ4v) is 3.73. The first kappa shape index (κ1) is 27.9. The van der Waals surface area contributed by atoms with Crippen LogP contribution in [0.2, 0.25) is 0 Å². The topological polar surface area (TPSA) is 23.8 Å². The van der Waals surface area contributed by atoms with Gasteiger partial charge in [0.2, 0.25) is 0 Å². The van der Waals surface area contributed by atoms with Gasteiger partial charge in [-0.25, -0.2) is 0 Å². The molecule has 0 saturated carbocycles. The number of hydrogen-bond donors (Lipinski definition) is 0. The van der Waals surface area contributed by atoms with Gasteiger partial charge >= 0.3 is 0 Å². The van der Waals surface area contributed by atoms with E-state index < -0.39 is 0 Å². The van der Waals surface area contributed by atoms with Gasteiger partial charge in [-0.05, 0) is 70.9 Å². The molecule has 0 saturated heterocycles. The molecule has 1 rings (SSSR count). The van der Waals surface area contributed by atoms with E-state index in [0.717, 1.165) is 11.1 Å². The lowest BCUT2D eigenvalue weighted by atomic mass is 9.72. The summed E-state index contributed by atoms with van der Waals surface area (Å²) in [6, 6.07) is 2.00. The molecule has 0 aromatic rings.